The number of hydrogen-bond acceptors (Lipinski definition) is 5. The van der Waals surface area contributed by atoms with Crippen molar-refractivity contribution in [2.45, 2.75) is 33.2 Å². The first-order valence-corrected chi connectivity index (χ1v) is 8.53. The van der Waals surface area contributed by atoms with E-state index in [0.29, 0.717) is 17.9 Å². The van der Waals surface area contributed by atoms with Crippen LogP contribution in [0.15, 0.2) is 33.9 Å². The van der Waals surface area contributed by atoms with Gasteiger partial charge in [0.15, 0.2) is 5.69 Å². The van der Waals surface area contributed by atoms with Gasteiger partial charge in [0.05, 0.1) is 12.7 Å². The molecule has 1 amide bonds. The minimum absolute atomic E-state index is 0.0164. The normalized spacial score (nSPS) is 10.6. The van der Waals surface area contributed by atoms with E-state index in [4.69, 9.17) is 10.5 Å². The number of methoxy groups -OCH3 is 1. The van der Waals surface area contributed by atoms with E-state index in [9.17, 15) is 14.4 Å². The Bertz CT molecular complexity index is 901. The lowest BCUT2D eigenvalue weighted by Gasteiger charge is -2.23. The van der Waals surface area contributed by atoms with Crippen LogP contribution in [-0.2, 0) is 6.54 Å². The molecule has 0 fully saturated rings. The number of ether oxygens (including phenoxy) is 1. The smallest absolute Gasteiger partial charge is 0.330 e. The summed E-state index contributed by atoms with van der Waals surface area (Å²) in [6, 6.07) is 6.73. The Morgan fingerprint density at radius 1 is 1.27 bits per heavy atom. The Kier molecular flexibility index (Phi) is 6.21. The number of nitrogens with zero attached hydrogens (tertiary/aromatic N) is 2. The first-order valence-electron chi connectivity index (χ1n) is 8.53. The quantitative estimate of drug-likeness (QED) is 0.779. The number of rotatable bonds is 7. The van der Waals surface area contributed by atoms with Gasteiger partial charge < -0.3 is 15.4 Å². The number of unbranched alkanes of at least 4 members (excludes halogenated alkanes) is 1. The minimum atomic E-state index is -0.689. The summed E-state index contributed by atoms with van der Waals surface area (Å²) in [6.07, 6.45) is 1.58. The van der Waals surface area contributed by atoms with Gasteiger partial charge in [-0.3, -0.25) is 19.1 Å². The van der Waals surface area contributed by atoms with Crippen LogP contribution in [-0.4, -0.2) is 29.1 Å². The van der Waals surface area contributed by atoms with Gasteiger partial charge in [0.1, 0.15) is 11.6 Å². The minimum Gasteiger partial charge on any atom is -0.496 e. The molecule has 26 heavy (non-hydrogen) atoms. The predicted octanol–water partition coefficient (Wildman–Crippen LogP) is 1.59. The van der Waals surface area contributed by atoms with Gasteiger partial charge in [-0.05, 0) is 25.5 Å². The number of nitrogens with one attached hydrogen (secondary N) is 1. The molecule has 0 aliphatic heterocycles. The second-order valence-electron chi connectivity index (χ2n) is 5.75. The summed E-state index contributed by atoms with van der Waals surface area (Å²) in [5, 5.41) is 0. The van der Waals surface area contributed by atoms with E-state index in [1.165, 1.54) is 16.6 Å². The molecule has 0 bridgehead atoms. The Morgan fingerprint density at radius 2 is 1.96 bits per heavy atom. The summed E-state index contributed by atoms with van der Waals surface area (Å²) in [5.74, 6) is -0.0506. The average molecular weight is 360 g/mol. The van der Waals surface area contributed by atoms with Gasteiger partial charge in [-0.2, -0.15) is 0 Å². The van der Waals surface area contributed by atoms with Crippen molar-refractivity contribution in [3.63, 3.8) is 0 Å². The van der Waals surface area contributed by atoms with Gasteiger partial charge >= 0.3 is 5.69 Å². The average Bonchev–Trinajstić information content (AvgIpc) is 2.64. The van der Waals surface area contributed by atoms with Crippen LogP contribution in [0.2, 0.25) is 0 Å². The summed E-state index contributed by atoms with van der Waals surface area (Å²) in [4.78, 5) is 41.0. The molecule has 1 heterocycles. The highest BCUT2D eigenvalue weighted by molar-refractivity contribution is 6.08. The lowest BCUT2D eigenvalue weighted by molar-refractivity contribution is 0.0985. The van der Waals surface area contributed by atoms with Crippen molar-refractivity contribution in [1.29, 1.82) is 0 Å². The number of amides is 1. The van der Waals surface area contributed by atoms with Crippen LogP contribution in [0.3, 0.4) is 0 Å². The molecular weight excluding hydrogens is 336 g/mol. The zero-order valence-corrected chi connectivity index (χ0v) is 15.2. The molecule has 1 aromatic carbocycles. The molecule has 8 nitrogen and oxygen atoms in total. The van der Waals surface area contributed by atoms with E-state index < -0.39 is 17.2 Å². The standard InChI is InChI=1S/C18H24N4O4/c1-4-6-11-22-15(19)14(16(23)20-18(22)25)21(5-2)17(24)12-9-7-8-10-13(12)26-3/h7-10H,4-6,11,19H2,1-3H3,(H,20,23,25). The molecule has 0 atom stereocenters. The summed E-state index contributed by atoms with van der Waals surface area (Å²) >= 11 is 0. The van der Waals surface area contributed by atoms with Gasteiger partial charge in [0.25, 0.3) is 11.5 Å². The van der Waals surface area contributed by atoms with Crippen molar-refractivity contribution in [1.82, 2.24) is 9.55 Å². The number of carbonyl (C=O) groups is 1. The van der Waals surface area contributed by atoms with Crippen LogP contribution in [0, 0.1) is 0 Å². The van der Waals surface area contributed by atoms with Crippen LogP contribution in [0.4, 0.5) is 11.5 Å². The highest BCUT2D eigenvalue weighted by Gasteiger charge is 2.25. The summed E-state index contributed by atoms with van der Waals surface area (Å²) in [6.45, 7) is 4.28. The first kappa shape index (κ1) is 19.3. The molecule has 3 N–H and O–H groups in total. The molecule has 2 aromatic rings. The molecule has 0 spiro atoms. The summed E-state index contributed by atoms with van der Waals surface area (Å²) < 4.78 is 6.52. The van der Waals surface area contributed by atoms with Crippen molar-refractivity contribution in [2.75, 3.05) is 24.3 Å². The van der Waals surface area contributed by atoms with Crippen molar-refractivity contribution in [3.8, 4) is 5.75 Å². The Morgan fingerprint density at radius 3 is 2.58 bits per heavy atom. The SMILES string of the molecule is CCCCn1c(N)c(N(CC)C(=O)c2ccccc2OC)c(=O)[nH]c1=O. The third-order valence-electron chi connectivity index (χ3n) is 4.12. The third-order valence-corrected chi connectivity index (χ3v) is 4.12. The van der Waals surface area contributed by atoms with Gasteiger partial charge in [-0.15, -0.1) is 0 Å². The van der Waals surface area contributed by atoms with Gasteiger partial charge in [-0.25, -0.2) is 4.79 Å². The number of hydrogen-bond donors (Lipinski definition) is 2. The van der Waals surface area contributed by atoms with Crippen LogP contribution >= 0.6 is 0 Å². The van der Waals surface area contributed by atoms with E-state index in [-0.39, 0.29) is 18.1 Å². The van der Waals surface area contributed by atoms with E-state index >= 15 is 0 Å². The molecule has 0 aliphatic rings. The highest BCUT2D eigenvalue weighted by atomic mass is 16.5. The van der Waals surface area contributed by atoms with Crippen LogP contribution < -0.4 is 26.6 Å². The third kappa shape index (κ3) is 3.63. The fraction of sp³-hybridized carbons (Fsp3) is 0.389. The molecule has 0 saturated heterocycles. The van der Waals surface area contributed by atoms with Crippen molar-refractivity contribution >= 4 is 17.4 Å². The van der Waals surface area contributed by atoms with E-state index in [1.807, 2.05) is 6.92 Å². The summed E-state index contributed by atoms with van der Waals surface area (Å²) in [7, 11) is 1.47. The van der Waals surface area contributed by atoms with Crippen molar-refractivity contribution < 1.29 is 9.53 Å². The van der Waals surface area contributed by atoms with Gasteiger partial charge in [0.2, 0.25) is 0 Å². The van der Waals surface area contributed by atoms with Crippen molar-refractivity contribution in [3.05, 3.63) is 50.7 Å². The molecule has 1 aromatic heterocycles. The maximum Gasteiger partial charge on any atom is 0.330 e. The van der Waals surface area contributed by atoms with Gasteiger partial charge in [-0.1, -0.05) is 25.5 Å². The number of nitrogens with two attached hydrogens (primary N) is 1. The first-order chi connectivity index (χ1) is 12.5. The molecule has 140 valence electrons. The van der Waals surface area contributed by atoms with Crippen molar-refractivity contribution in [2.24, 2.45) is 0 Å². The van der Waals surface area contributed by atoms with E-state index in [1.54, 1.807) is 31.2 Å². The molecule has 0 radical (unpaired) electrons. The fourth-order valence-electron chi connectivity index (χ4n) is 2.75. The Balaban J connectivity index is 2.58. The zero-order valence-electron chi connectivity index (χ0n) is 15.2. The van der Waals surface area contributed by atoms with Crippen LogP contribution in [0.1, 0.15) is 37.0 Å². The largest absolute Gasteiger partial charge is 0.496 e. The van der Waals surface area contributed by atoms with Crippen LogP contribution in [0.5, 0.6) is 5.75 Å². The predicted molar refractivity (Wildman–Crippen MR) is 101 cm³/mol. The highest BCUT2D eigenvalue weighted by Crippen LogP contribution is 2.24. The van der Waals surface area contributed by atoms with Gasteiger partial charge in [0, 0.05) is 13.1 Å². The summed E-state index contributed by atoms with van der Waals surface area (Å²) in [5.41, 5.74) is 5.12. The van der Waals surface area contributed by atoms with Crippen LogP contribution in [0.25, 0.3) is 0 Å². The van der Waals surface area contributed by atoms with E-state index in [0.717, 1.165) is 12.8 Å². The maximum absolute atomic E-state index is 13.0. The number of carbonyl (C=O) groups excluding carboxylic acids is 1. The Hall–Kier alpha value is -3.03. The number of benzene rings is 1. The maximum atomic E-state index is 13.0. The Labute approximate surface area is 151 Å². The molecule has 2 rings (SSSR count). The topological polar surface area (TPSA) is 110 Å². The second-order valence-corrected chi connectivity index (χ2v) is 5.75. The molecule has 0 unspecified atom stereocenters. The molecule has 0 saturated carbocycles. The number of anilines is 2. The molecule has 0 aliphatic carbocycles. The number of para-hydroxylation sites is 1. The molecule has 8 heteroatoms. The monoisotopic (exact) mass is 360 g/mol. The fourth-order valence-corrected chi connectivity index (χ4v) is 2.75. The number of aromatic nitrogens is 2. The number of aromatic amines is 1. The lowest BCUT2D eigenvalue weighted by atomic mass is 10.1. The molecular formula is C18H24N4O4. The lowest BCUT2D eigenvalue weighted by Crippen LogP contribution is -2.41. The van der Waals surface area contributed by atoms with E-state index in [2.05, 4.69) is 4.98 Å². The number of nitrogen functional groups attached to an aromatic ring is 1. The zero-order chi connectivity index (χ0) is 19.3. The second kappa shape index (κ2) is 8.37. The number of H-pyrrole nitrogens is 1.